The van der Waals surface area contributed by atoms with Gasteiger partial charge in [0.15, 0.2) is 0 Å². The minimum absolute atomic E-state index is 0.0320. The maximum absolute atomic E-state index is 12.7. The number of hydrogen-bond donors (Lipinski definition) is 0. The predicted octanol–water partition coefficient (Wildman–Crippen LogP) is 3.06. The highest BCUT2D eigenvalue weighted by Gasteiger charge is 2.28. The Morgan fingerprint density at radius 3 is 2.69 bits per heavy atom. The molecule has 0 N–H and O–H groups in total. The van der Waals surface area contributed by atoms with Crippen molar-refractivity contribution in [1.29, 1.82) is 0 Å². The van der Waals surface area contributed by atoms with Gasteiger partial charge in [0.2, 0.25) is 5.91 Å². The lowest BCUT2D eigenvalue weighted by Crippen LogP contribution is -2.26. The van der Waals surface area contributed by atoms with Crippen molar-refractivity contribution < 1.29 is 4.79 Å². The van der Waals surface area contributed by atoms with Crippen LogP contribution in [0.2, 0.25) is 0 Å². The van der Waals surface area contributed by atoms with Crippen molar-refractivity contribution in [1.82, 2.24) is 34.7 Å². The molecule has 1 aliphatic heterocycles. The molecule has 162 valence electrons. The van der Waals surface area contributed by atoms with Crippen molar-refractivity contribution in [2.45, 2.75) is 46.2 Å². The van der Waals surface area contributed by atoms with E-state index in [-0.39, 0.29) is 5.91 Å². The number of amides is 1. The van der Waals surface area contributed by atoms with Gasteiger partial charge in [0, 0.05) is 43.8 Å². The van der Waals surface area contributed by atoms with Crippen LogP contribution in [0.15, 0.2) is 17.8 Å². The fraction of sp³-hybridized carbons (Fsp3) is 0.391. The molecule has 5 rings (SSSR count). The molecule has 0 spiro atoms. The molecule has 0 aromatic carbocycles. The van der Waals surface area contributed by atoms with Gasteiger partial charge in [0.05, 0.1) is 36.2 Å². The van der Waals surface area contributed by atoms with Gasteiger partial charge < -0.3 is 9.74 Å². The average Bonchev–Trinajstić information content (AvgIpc) is 3.38. The van der Waals surface area contributed by atoms with E-state index in [1.165, 1.54) is 5.57 Å². The van der Waals surface area contributed by atoms with Gasteiger partial charge >= 0.3 is 0 Å². The first-order chi connectivity index (χ1) is 15.4. The Labute approximate surface area is 186 Å². The molecule has 0 radical (unpaired) electrons. The van der Waals surface area contributed by atoms with Crippen molar-refractivity contribution in [3.05, 3.63) is 57.5 Å². The molecule has 4 bridgehead atoms. The Bertz CT molecular complexity index is 1340. The van der Waals surface area contributed by atoms with Crippen LogP contribution in [0.3, 0.4) is 0 Å². The molecule has 2 aliphatic rings. The van der Waals surface area contributed by atoms with Gasteiger partial charge in [-0.05, 0) is 31.9 Å². The maximum atomic E-state index is 12.7. The molecule has 0 unspecified atom stereocenters. The smallest absolute Gasteiger partial charge is 0.261 e. The van der Waals surface area contributed by atoms with Gasteiger partial charge in [-0.25, -0.2) is 4.68 Å². The molecule has 0 saturated carbocycles. The Hall–Kier alpha value is -3.80. The van der Waals surface area contributed by atoms with Crippen LogP contribution in [-0.2, 0) is 31.4 Å². The molecule has 0 saturated heterocycles. The summed E-state index contributed by atoms with van der Waals surface area (Å²) in [6, 6.07) is 2.02. The summed E-state index contributed by atoms with van der Waals surface area (Å²) in [5, 5.41) is 18.3. The first kappa shape index (κ1) is 20.1. The largest absolute Gasteiger partial charge is 0.362 e. The predicted molar refractivity (Wildman–Crippen MR) is 119 cm³/mol. The molecule has 4 heterocycles. The zero-order valence-electron chi connectivity index (χ0n) is 18.7. The Balaban J connectivity index is 1.75. The van der Waals surface area contributed by atoms with E-state index in [9.17, 15) is 4.79 Å². The van der Waals surface area contributed by atoms with Gasteiger partial charge in [-0.15, -0.1) is 5.10 Å². The highest BCUT2D eigenvalue weighted by molar-refractivity contribution is 5.89. The third-order valence-corrected chi connectivity index (χ3v) is 6.26. The van der Waals surface area contributed by atoms with Gasteiger partial charge in [0.1, 0.15) is 5.69 Å². The van der Waals surface area contributed by atoms with Crippen LogP contribution in [0.25, 0.3) is 21.7 Å². The van der Waals surface area contributed by atoms with Crippen LogP contribution >= 0.6 is 0 Å². The fourth-order valence-electron chi connectivity index (χ4n) is 4.68. The number of allylic oxidation sites excluding steroid dienone is 1. The topological polar surface area (TPSA) is 86.1 Å². The van der Waals surface area contributed by atoms with E-state index >= 15 is 0 Å². The molecule has 9 heteroatoms. The molecular formula is C23H24N8O. The van der Waals surface area contributed by atoms with Gasteiger partial charge in [-0.2, -0.15) is 15.3 Å². The molecule has 1 aliphatic carbocycles. The van der Waals surface area contributed by atoms with E-state index in [1.807, 2.05) is 17.7 Å². The fourth-order valence-corrected chi connectivity index (χ4v) is 4.68. The number of rotatable bonds is 0. The van der Waals surface area contributed by atoms with E-state index in [0.717, 1.165) is 34.5 Å². The van der Waals surface area contributed by atoms with E-state index in [2.05, 4.69) is 33.3 Å². The van der Waals surface area contributed by atoms with Crippen LogP contribution < -0.4 is 0 Å². The minimum atomic E-state index is 0.0320. The number of fused-ring (bicyclic) bond motifs is 6. The van der Waals surface area contributed by atoms with Gasteiger partial charge in [0.25, 0.3) is 5.82 Å². The number of carbonyl (C=O) groups excluding carboxylic acids is 1. The van der Waals surface area contributed by atoms with E-state index < -0.39 is 0 Å². The van der Waals surface area contributed by atoms with Crippen molar-refractivity contribution in [2.24, 2.45) is 7.05 Å². The normalized spacial score (nSPS) is 16.0. The third kappa shape index (κ3) is 3.11. The summed E-state index contributed by atoms with van der Waals surface area (Å²) in [6.45, 7) is 12.8. The van der Waals surface area contributed by atoms with E-state index in [1.54, 1.807) is 23.7 Å². The maximum Gasteiger partial charge on any atom is 0.261 e. The number of hydrogen-bond acceptors (Lipinski definition) is 5. The monoisotopic (exact) mass is 428 g/mol. The second-order valence-corrected chi connectivity index (χ2v) is 8.55. The van der Waals surface area contributed by atoms with Crippen LogP contribution in [0, 0.1) is 13.5 Å². The van der Waals surface area contributed by atoms with Crippen molar-refractivity contribution >= 4 is 17.3 Å². The molecule has 32 heavy (non-hydrogen) atoms. The molecular weight excluding hydrogens is 404 g/mol. The minimum Gasteiger partial charge on any atom is -0.362 e. The second kappa shape index (κ2) is 7.41. The van der Waals surface area contributed by atoms with Crippen LogP contribution in [0.1, 0.15) is 48.0 Å². The molecule has 1 amide bonds. The first-order valence-corrected chi connectivity index (χ1v) is 10.7. The molecule has 3 aromatic heterocycles. The number of aryl methyl sites for hydroxylation is 3. The third-order valence-electron chi connectivity index (χ3n) is 6.26. The lowest BCUT2D eigenvalue weighted by molar-refractivity contribution is -0.130. The zero-order chi connectivity index (χ0) is 22.6. The summed E-state index contributed by atoms with van der Waals surface area (Å²) >= 11 is 0. The van der Waals surface area contributed by atoms with Crippen molar-refractivity contribution in [2.75, 3.05) is 7.05 Å². The number of carbonyl (C=O) groups is 1. The summed E-state index contributed by atoms with van der Waals surface area (Å²) in [5.41, 5.74) is 8.25. The molecule has 0 fully saturated rings. The highest BCUT2D eigenvalue weighted by Crippen LogP contribution is 2.40. The standard InChI is InChI=1S/C23H24N8O/c1-13-9-17-15-10-18(26-25-17)22-19(28-30(5)23(22)24-3)12-29(4)20(32)7-6-8-31-11-16(21(13)15)14(2)27-31/h10-11H,6-9,12H2,1-2,4-5H3. The molecule has 3 aromatic rings. The summed E-state index contributed by atoms with van der Waals surface area (Å²) in [5.74, 6) is 0.424. The summed E-state index contributed by atoms with van der Waals surface area (Å²) in [4.78, 5) is 18.1. The lowest BCUT2D eigenvalue weighted by atomic mass is 9.98. The van der Waals surface area contributed by atoms with Crippen LogP contribution in [-0.4, -0.2) is 47.6 Å². The quantitative estimate of drug-likeness (QED) is 0.514. The Kier molecular flexibility index (Phi) is 4.66. The number of nitrogens with zero attached hydrogens (tertiary/aromatic N) is 8. The lowest BCUT2D eigenvalue weighted by Gasteiger charge is -2.16. The Morgan fingerprint density at radius 2 is 1.91 bits per heavy atom. The summed E-state index contributed by atoms with van der Waals surface area (Å²) in [7, 11) is 3.51. The zero-order valence-corrected chi connectivity index (χ0v) is 18.7. The first-order valence-electron chi connectivity index (χ1n) is 10.7. The highest BCUT2D eigenvalue weighted by atomic mass is 16.2. The van der Waals surface area contributed by atoms with E-state index in [4.69, 9.17) is 11.7 Å². The van der Waals surface area contributed by atoms with E-state index in [0.29, 0.717) is 48.7 Å². The molecule has 9 nitrogen and oxygen atoms in total. The van der Waals surface area contributed by atoms with Crippen molar-refractivity contribution in [3.8, 4) is 11.3 Å². The van der Waals surface area contributed by atoms with Crippen LogP contribution in [0.5, 0.6) is 0 Å². The Morgan fingerprint density at radius 1 is 1.09 bits per heavy atom. The summed E-state index contributed by atoms with van der Waals surface area (Å²) < 4.78 is 3.49. The van der Waals surface area contributed by atoms with Crippen LogP contribution in [0.4, 0.5) is 5.82 Å². The SMILES string of the molecule is [C-]#[N+]c1c2c(nn1C)CN(C)C(=O)CCCn1cc(c(C)n1)C1=C(C)Cc3nnc-2cc31. The second-order valence-electron chi connectivity index (χ2n) is 8.55. The average molecular weight is 429 g/mol. The molecule has 0 atom stereocenters. The summed E-state index contributed by atoms with van der Waals surface area (Å²) in [6.07, 6.45) is 3.93. The number of aromatic nitrogens is 6. The van der Waals surface area contributed by atoms with Gasteiger partial charge in [-0.1, -0.05) is 12.1 Å². The van der Waals surface area contributed by atoms with Crippen molar-refractivity contribution in [3.63, 3.8) is 0 Å². The van der Waals surface area contributed by atoms with Gasteiger partial charge in [-0.3, -0.25) is 9.48 Å².